The molecular weight excluding hydrogens is 192 g/mol. The molecule has 0 aliphatic carbocycles. The summed E-state index contributed by atoms with van der Waals surface area (Å²) in [4.78, 5) is 0. The van der Waals surface area contributed by atoms with Crippen molar-refractivity contribution in [3.8, 4) is 0 Å². The second-order valence-corrected chi connectivity index (χ2v) is 3.61. The highest BCUT2D eigenvalue weighted by molar-refractivity contribution is 6.09. The minimum atomic E-state index is 1.11. The fraction of sp³-hybridized carbons (Fsp3) is 0. The van der Waals surface area contributed by atoms with Gasteiger partial charge >= 0.3 is 0 Å². The average Bonchev–Trinajstić information content (AvgIpc) is 2.37. The minimum absolute atomic E-state index is 1.11. The maximum absolute atomic E-state index is 4.05. The molecule has 0 unspecified atom stereocenters. The molecule has 0 spiro atoms. The van der Waals surface area contributed by atoms with Gasteiger partial charge in [0.15, 0.2) is 0 Å². The molecule has 0 heterocycles. The Morgan fingerprint density at radius 2 is 1.25 bits per heavy atom. The highest BCUT2D eigenvalue weighted by Gasteiger charge is 2.00. The van der Waals surface area contributed by atoms with Gasteiger partial charge in [-0.1, -0.05) is 55.1 Å². The average molecular weight is 206 g/mol. The van der Waals surface area contributed by atoms with Crippen molar-refractivity contribution < 1.29 is 0 Å². The van der Waals surface area contributed by atoms with Gasteiger partial charge in [-0.15, -0.1) is 13.2 Å². The molecular formula is C16H14. The van der Waals surface area contributed by atoms with Crippen LogP contribution in [0.15, 0.2) is 61.7 Å². The zero-order valence-corrected chi connectivity index (χ0v) is 9.24. The lowest BCUT2D eigenvalue weighted by Crippen LogP contribution is -1.98. The van der Waals surface area contributed by atoms with Gasteiger partial charge < -0.3 is 0 Å². The molecule has 0 aliphatic rings. The van der Waals surface area contributed by atoms with Crippen LogP contribution in [0.2, 0.25) is 0 Å². The van der Waals surface area contributed by atoms with Gasteiger partial charge in [-0.2, -0.15) is 0 Å². The molecule has 0 nitrogen and oxygen atoms in total. The molecule has 3 aromatic carbocycles. The maximum Gasteiger partial charge on any atom is -0.00331 e. The van der Waals surface area contributed by atoms with Crippen LogP contribution in [-0.2, 0) is 0 Å². The molecule has 0 atom stereocenters. The Morgan fingerprint density at radius 1 is 0.688 bits per heavy atom. The van der Waals surface area contributed by atoms with E-state index >= 15 is 0 Å². The van der Waals surface area contributed by atoms with Gasteiger partial charge in [0, 0.05) is 0 Å². The Bertz CT molecular complexity index is 642. The molecule has 78 valence electrons. The maximum atomic E-state index is 4.05. The Labute approximate surface area is 95.5 Å². The topological polar surface area (TPSA) is 0 Å². The van der Waals surface area contributed by atoms with Crippen molar-refractivity contribution in [3.05, 3.63) is 66.9 Å². The monoisotopic (exact) mass is 206 g/mol. The Morgan fingerprint density at radius 3 is 1.94 bits per heavy atom. The lowest BCUT2D eigenvalue weighted by molar-refractivity contribution is 1.72. The summed E-state index contributed by atoms with van der Waals surface area (Å²) in [5, 5.41) is 6.30. The predicted molar refractivity (Wildman–Crippen MR) is 73.4 cm³/mol. The van der Waals surface area contributed by atoms with Crippen LogP contribution < -0.4 is 5.22 Å². The summed E-state index contributed by atoms with van der Waals surface area (Å²) >= 11 is 0. The standard InChI is InChI=1S/C14H10.C2H4/c1-10-8-9-12-5-2-4-11-6-3-7-13(10)14(11)12;1-2/h2-9H,1H2;1-2H2. The largest absolute Gasteiger partial charge is 0.106 e. The van der Waals surface area contributed by atoms with Gasteiger partial charge in [-0.3, -0.25) is 0 Å². The van der Waals surface area contributed by atoms with E-state index in [0.29, 0.717) is 0 Å². The first kappa shape index (κ1) is 10.4. The van der Waals surface area contributed by atoms with E-state index in [9.17, 15) is 0 Å². The number of rotatable bonds is 0. The van der Waals surface area contributed by atoms with E-state index in [2.05, 4.69) is 68.3 Å². The van der Waals surface area contributed by atoms with Crippen molar-refractivity contribution in [2.45, 2.75) is 0 Å². The van der Waals surface area contributed by atoms with Crippen molar-refractivity contribution in [2.75, 3.05) is 0 Å². The highest BCUT2D eigenvalue weighted by Crippen LogP contribution is 2.23. The summed E-state index contributed by atoms with van der Waals surface area (Å²) in [7, 11) is 0. The molecule has 0 amide bonds. The summed E-state index contributed by atoms with van der Waals surface area (Å²) < 4.78 is 0. The Balaban J connectivity index is 0.000000457. The normalized spacial score (nSPS) is 10.0. The number of hydrogen-bond acceptors (Lipinski definition) is 0. The molecule has 3 aromatic rings. The molecule has 0 fully saturated rings. The third kappa shape index (κ3) is 1.49. The van der Waals surface area contributed by atoms with Gasteiger partial charge in [0.25, 0.3) is 0 Å². The van der Waals surface area contributed by atoms with Gasteiger partial charge in [0.2, 0.25) is 0 Å². The molecule has 0 aliphatic heterocycles. The van der Waals surface area contributed by atoms with Crippen LogP contribution in [0.1, 0.15) is 0 Å². The molecule has 0 saturated carbocycles. The first-order valence-corrected chi connectivity index (χ1v) is 5.25. The van der Waals surface area contributed by atoms with Crippen molar-refractivity contribution in [2.24, 2.45) is 0 Å². The predicted octanol–water partition coefficient (Wildman–Crippen LogP) is 3.92. The molecule has 0 saturated heterocycles. The van der Waals surface area contributed by atoms with E-state index in [-0.39, 0.29) is 0 Å². The summed E-state index contributed by atoms with van der Waals surface area (Å²) in [6.07, 6.45) is 0. The summed E-state index contributed by atoms with van der Waals surface area (Å²) in [5.41, 5.74) is 0. The zero-order valence-electron chi connectivity index (χ0n) is 9.24. The fourth-order valence-corrected chi connectivity index (χ4v) is 2.06. The van der Waals surface area contributed by atoms with Crippen LogP contribution in [0.3, 0.4) is 0 Å². The molecule has 0 heteroatoms. The lowest BCUT2D eigenvalue weighted by Gasteiger charge is -2.04. The van der Waals surface area contributed by atoms with Crippen molar-refractivity contribution >= 4 is 28.1 Å². The van der Waals surface area contributed by atoms with Gasteiger partial charge in [0.05, 0.1) is 0 Å². The van der Waals surface area contributed by atoms with E-state index in [0.717, 1.165) is 5.22 Å². The molecule has 0 bridgehead atoms. The van der Waals surface area contributed by atoms with Crippen molar-refractivity contribution in [1.29, 1.82) is 0 Å². The van der Waals surface area contributed by atoms with Crippen LogP contribution in [0.5, 0.6) is 0 Å². The van der Waals surface area contributed by atoms with E-state index in [1.807, 2.05) is 0 Å². The molecule has 3 rings (SSSR count). The summed E-state index contributed by atoms with van der Waals surface area (Å²) in [6.45, 7) is 10.1. The summed E-state index contributed by atoms with van der Waals surface area (Å²) in [5.74, 6) is 0. The number of benzene rings is 3. The quantitative estimate of drug-likeness (QED) is 0.489. The third-order valence-corrected chi connectivity index (χ3v) is 2.75. The number of hydrogen-bond donors (Lipinski definition) is 0. The third-order valence-electron chi connectivity index (χ3n) is 2.75. The highest BCUT2D eigenvalue weighted by atomic mass is 14.0. The SMILES string of the molecule is C=C.C=c1ccc2cccc3cccc1c32. The second kappa shape index (κ2) is 4.19. The smallest absolute Gasteiger partial charge is 0.00331 e. The first-order chi connectivity index (χ1) is 7.86. The molecule has 16 heavy (non-hydrogen) atoms. The Hall–Kier alpha value is -2.08. The zero-order chi connectivity index (χ0) is 11.5. The van der Waals surface area contributed by atoms with Gasteiger partial charge in [-0.05, 0) is 26.8 Å². The van der Waals surface area contributed by atoms with E-state index in [1.165, 1.54) is 21.5 Å². The molecule has 0 N–H and O–H groups in total. The minimum Gasteiger partial charge on any atom is -0.106 e. The van der Waals surface area contributed by atoms with Crippen LogP contribution in [0, 0.1) is 0 Å². The van der Waals surface area contributed by atoms with Crippen LogP contribution in [0.4, 0.5) is 0 Å². The van der Waals surface area contributed by atoms with Gasteiger partial charge in [0.1, 0.15) is 0 Å². The van der Waals surface area contributed by atoms with Crippen LogP contribution in [0.25, 0.3) is 28.1 Å². The molecule has 0 radical (unpaired) electrons. The second-order valence-electron chi connectivity index (χ2n) is 3.61. The van der Waals surface area contributed by atoms with Crippen LogP contribution in [-0.4, -0.2) is 0 Å². The summed E-state index contributed by atoms with van der Waals surface area (Å²) in [6, 6.07) is 17.0. The van der Waals surface area contributed by atoms with Crippen molar-refractivity contribution in [3.63, 3.8) is 0 Å². The fourth-order valence-electron chi connectivity index (χ4n) is 2.06. The lowest BCUT2D eigenvalue weighted by atomic mass is 10.00. The van der Waals surface area contributed by atoms with Gasteiger partial charge in [-0.25, -0.2) is 0 Å². The Kier molecular flexibility index (Phi) is 2.74. The van der Waals surface area contributed by atoms with E-state index in [4.69, 9.17) is 0 Å². The van der Waals surface area contributed by atoms with E-state index in [1.54, 1.807) is 0 Å². The molecule has 0 aromatic heterocycles. The van der Waals surface area contributed by atoms with E-state index < -0.39 is 0 Å². The van der Waals surface area contributed by atoms with Crippen molar-refractivity contribution in [1.82, 2.24) is 0 Å². The first-order valence-electron chi connectivity index (χ1n) is 5.25. The van der Waals surface area contributed by atoms with Crippen LogP contribution >= 0.6 is 0 Å².